The van der Waals surface area contributed by atoms with E-state index in [0.717, 1.165) is 64.2 Å². The molecule has 0 aliphatic heterocycles. The van der Waals surface area contributed by atoms with Crippen molar-refractivity contribution < 1.29 is 19.1 Å². The van der Waals surface area contributed by atoms with Crippen LogP contribution < -0.4 is 0 Å². The summed E-state index contributed by atoms with van der Waals surface area (Å²) in [6.45, 7) is 5.70. The number of carbonyl (C=O) groups excluding carboxylic acids is 2. The Morgan fingerprint density at radius 1 is 0.320 bits per heavy atom. The zero-order chi connectivity index (χ0) is 36.3. The van der Waals surface area contributed by atoms with Crippen molar-refractivity contribution in [3.63, 3.8) is 0 Å². The van der Waals surface area contributed by atoms with Crippen molar-refractivity contribution in [3.05, 3.63) is 24.3 Å². The van der Waals surface area contributed by atoms with E-state index in [1.54, 1.807) is 0 Å². The van der Waals surface area contributed by atoms with Gasteiger partial charge in [-0.15, -0.1) is 0 Å². The summed E-state index contributed by atoms with van der Waals surface area (Å²) in [5.41, 5.74) is 0. The highest BCUT2D eigenvalue weighted by atomic mass is 16.5. The first-order valence-electron chi connectivity index (χ1n) is 22.3. The summed E-state index contributed by atoms with van der Waals surface area (Å²) >= 11 is 0. The standard InChI is InChI=1S/C46H86O4/c1-3-5-7-9-11-13-15-17-19-21-23-25-27-31-35-39-43-49-45(47)41-37-33-29-30-34-38-42-46(48)50-44-40-36-32-28-26-24-22-20-18-16-14-12-10-8-6-4-2/h17-20H,3-16,21-44H2,1-2H3/b19-17+,20-18+. The monoisotopic (exact) mass is 703 g/mol. The van der Waals surface area contributed by atoms with Crippen molar-refractivity contribution in [3.8, 4) is 0 Å². The van der Waals surface area contributed by atoms with Crippen molar-refractivity contribution in [2.45, 2.75) is 245 Å². The largest absolute Gasteiger partial charge is 0.466 e. The molecule has 0 aromatic rings. The summed E-state index contributed by atoms with van der Waals surface area (Å²) in [5.74, 6) is -0.0791. The average molecular weight is 703 g/mol. The second-order valence-electron chi connectivity index (χ2n) is 14.9. The van der Waals surface area contributed by atoms with E-state index in [2.05, 4.69) is 38.2 Å². The fraction of sp³-hybridized carbons (Fsp3) is 0.870. The normalized spacial score (nSPS) is 11.6. The minimum Gasteiger partial charge on any atom is -0.466 e. The molecule has 4 heteroatoms. The fourth-order valence-electron chi connectivity index (χ4n) is 6.46. The first-order chi connectivity index (χ1) is 24.7. The van der Waals surface area contributed by atoms with E-state index in [1.807, 2.05) is 0 Å². The number of allylic oxidation sites excluding steroid dienone is 4. The summed E-state index contributed by atoms with van der Waals surface area (Å²) in [6, 6.07) is 0. The molecule has 0 heterocycles. The summed E-state index contributed by atoms with van der Waals surface area (Å²) in [6.07, 6.45) is 52.9. The lowest BCUT2D eigenvalue weighted by Gasteiger charge is -2.06. The molecule has 0 atom stereocenters. The number of hydrogen-bond acceptors (Lipinski definition) is 4. The molecular formula is C46H86O4. The molecule has 0 aromatic heterocycles. The fourth-order valence-corrected chi connectivity index (χ4v) is 6.46. The summed E-state index contributed by atoms with van der Waals surface area (Å²) in [5, 5.41) is 0. The molecule has 0 saturated carbocycles. The molecule has 0 radical (unpaired) electrons. The van der Waals surface area contributed by atoms with Crippen LogP contribution in [0.15, 0.2) is 24.3 Å². The van der Waals surface area contributed by atoms with E-state index < -0.39 is 0 Å². The van der Waals surface area contributed by atoms with E-state index in [0.29, 0.717) is 26.1 Å². The van der Waals surface area contributed by atoms with Gasteiger partial charge in [0, 0.05) is 12.8 Å². The van der Waals surface area contributed by atoms with Gasteiger partial charge in [-0.25, -0.2) is 0 Å². The molecule has 0 fully saturated rings. The zero-order valence-electron chi connectivity index (χ0n) is 33.8. The number of esters is 2. The molecule has 294 valence electrons. The van der Waals surface area contributed by atoms with Crippen LogP contribution in [0.3, 0.4) is 0 Å². The second kappa shape index (κ2) is 43.6. The quantitative estimate of drug-likeness (QED) is 0.0361. The highest BCUT2D eigenvalue weighted by Gasteiger charge is 2.05. The Kier molecular flexibility index (Phi) is 42.2. The van der Waals surface area contributed by atoms with Crippen LogP contribution in [0.25, 0.3) is 0 Å². The van der Waals surface area contributed by atoms with E-state index >= 15 is 0 Å². The Hall–Kier alpha value is -1.58. The molecule has 0 unspecified atom stereocenters. The number of carbonyl (C=O) groups is 2. The Labute approximate surface area is 312 Å². The third kappa shape index (κ3) is 42.6. The van der Waals surface area contributed by atoms with Gasteiger partial charge < -0.3 is 9.47 Å². The molecule has 0 aromatic carbocycles. The first kappa shape index (κ1) is 48.4. The van der Waals surface area contributed by atoms with Crippen LogP contribution in [-0.4, -0.2) is 25.2 Å². The van der Waals surface area contributed by atoms with Gasteiger partial charge >= 0.3 is 11.9 Å². The molecule has 0 aliphatic carbocycles. The van der Waals surface area contributed by atoms with E-state index in [1.165, 1.54) is 154 Å². The average Bonchev–Trinajstić information content (AvgIpc) is 3.12. The van der Waals surface area contributed by atoms with E-state index in [4.69, 9.17) is 9.47 Å². The maximum Gasteiger partial charge on any atom is 0.305 e. The van der Waals surface area contributed by atoms with Crippen molar-refractivity contribution >= 4 is 11.9 Å². The van der Waals surface area contributed by atoms with Gasteiger partial charge in [-0.3, -0.25) is 9.59 Å². The van der Waals surface area contributed by atoms with Crippen LogP contribution in [0.2, 0.25) is 0 Å². The molecule has 50 heavy (non-hydrogen) atoms. The van der Waals surface area contributed by atoms with E-state index in [-0.39, 0.29) is 11.9 Å². The van der Waals surface area contributed by atoms with Gasteiger partial charge in [-0.1, -0.05) is 179 Å². The molecular weight excluding hydrogens is 617 g/mol. The molecule has 0 aliphatic rings. The minimum atomic E-state index is -0.0396. The van der Waals surface area contributed by atoms with Gasteiger partial charge in [0.2, 0.25) is 0 Å². The number of hydrogen-bond donors (Lipinski definition) is 0. The molecule has 4 nitrogen and oxygen atoms in total. The predicted molar refractivity (Wildman–Crippen MR) is 218 cm³/mol. The van der Waals surface area contributed by atoms with E-state index in [9.17, 15) is 9.59 Å². The highest BCUT2D eigenvalue weighted by Crippen LogP contribution is 2.13. The van der Waals surface area contributed by atoms with Gasteiger partial charge in [-0.2, -0.15) is 0 Å². The second-order valence-corrected chi connectivity index (χ2v) is 14.9. The van der Waals surface area contributed by atoms with Crippen LogP contribution in [0.5, 0.6) is 0 Å². The maximum atomic E-state index is 12.0. The topological polar surface area (TPSA) is 52.6 Å². The number of ether oxygens (including phenoxy) is 2. The van der Waals surface area contributed by atoms with Crippen molar-refractivity contribution in [1.29, 1.82) is 0 Å². The lowest BCUT2D eigenvalue weighted by Crippen LogP contribution is -2.06. The van der Waals surface area contributed by atoms with Crippen LogP contribution in [-0.2, 0) is 19.1 Å². The van der Waals surface area contributed by atoms with Crippen molar-refractivity contribution in [2.24, 2.45) is 0 Å². The SMILES string of the molecule is CCCCCCCC/C=C/CCCCCCCCOC(=O)CCCCCCCCC(=O)OCCCCCCCC/C=C/CCCCCCCC. The Balaban J connectivity index is 3.29. The molecule has 0 amide bonds. The minimum absolute atomic E-state index is 0.0396. The summed E-state index contributed by atoms with van der Waals surface area (Å²) in [4.78, 5) is 24.0. The van der Waals surface area contributed by atoms with Crippen molar-refractivity contribution in [2.75, 3.05) is 13.2 Å². The molecule has 0 spiro atoms. The zero-order valence-corrected chi connectivity index (χ0v) is 33.8. The smallest absolute Gasteiger partial charge is 0.305 e. The van der Waals surface area contributed by atoms with Crippen LogP contribution in [0.1, 0.15) is 245 Å². The lowest BCUT2D eigenvalue weighted by molar-refractivity contribution is -0.144. The molecule has 0 rings (SSSR count). The van der Waals surface area contributed by atoms with Crippen LogP contribution in [0.4, 0.5) is 0 Å². The Bertz CT molecular complexity index is 680. The van der Waals surface area contributed by atoms with Crippen LogP contribution >= 0.6 is 0 Å². The van der Waals surface area contributed by atoms with Gasteiger partial charge in [0.25, 0.3) is 0 Å². The van der Waals surface area contributed by atoms with Gasteiger partial charge in [0.1, 0.15) is 0 Å². The highest BCUT2D eigenvalue weighted by molar-refractivity contribution is 5.69. The number of unbranched alkanes of at least 4 members (excludes halogenated alkanes) is 29. The maximum absolute atomic E-state index is 12.0. The first-order valence-corrected chi connectivity index (χ1v) is 22.3. The van der Waals surface area contributed by atoms with Gasteiger partial charge in [0.05, 0.1) is 13.2 Å². The summed E-state index contributed by atoms with van der Waals surface area (Å²) in [7, 11) is 0. The van der Waals surface area contributed by atoms with Crippen LogP contribution in [0, 0.1) is 0 Å². The molecule has 0 N–H and O–H groups in total. The third-order valence-corrected chi connectivity index (χ3v) is 9.85. The summed E-state index contributed by atoms with van der Waals surface area (Å²) < 4.78 is 10.9. The van der Waals surface area contributed by atoms with Gasteiger partial charge in [-0.05, 0) is 77.0 Å². The lowest BCUT2D eigenvalue weighted by atomic mass is 10.1. The molecule has 0 saturated heterocycles. The Morgan fingerprint density at radius 2 is 0.560 bits per heavy atom. The Morgan fingerprint density at radius 3 is 0.860 bits per heavy atom. The number of rotatable bonds is 41. The third-order valence-electron chi connectivity index (χ3n) is 9.85. The predicted octanol–water partition coefficient (Wildman–Crippen LogP) is 15.3. The van der Waals surface area contributed by atoms with Crippen molar-refractivity contribution in [1.82, 2.24) is 0 Å². The molecule has 0 bridgehead atoms. The van der Waals surface area contributed by atoms with Gasteiger partial charge in [0.15, 0.2) is 0 Å².